The lowest BCUT2D eigenvalue weighted by Gasteiger charge is -2.06. The number of anilines is 1. The fraction of sp³-hybridized carbons (Fsp3) is 0.111. The largest absolute Gasteiger partial charge is 0.439 e. The minimum absolute atomic E-state index is 0.0594. The van der Waals surface area contributed by atoms with Crippen LogP contribution in [0, 0.1) is 23.3 Å². The van der Waals surface area contributed by atoms with Crippen LogP contribution in [0.4, 0.5) is 13.9 Å². The monoisotopic (exact) mass is 406 g/mol. The van der Waals surface area contributed by atoms with Crippen molar-refractivity contribution in [2.45, 2.75) is 17.6 Å². The Kier molecular flexibility index (Phi) is 5.62. The fourth-order valence-electron chi connectivity index (χ4n) is 2.48. The zero-order chi connectivity index (χ0) is 19.6. The Balaban J connectivity index is 1.70. The summed E-state index contributed by atoms with van der Waals surface area (Å²) in [6, 6.07) is 9.81. The Hall–Kier alpha value is -2.65. The van der Waals surface area contributed by atoms with Gasteiger partial charge in [-0.3, -0.25) is 4.79 Å². The quantitative estimate of drug-likeness (QED) is 0.605. The zero-order valence-corrected chi connectivity index (χ0v) is 15.7. The number of aryl methyl sites for hydroxylation is 1. The first-order valence-corrected chi connectivity index (χ1v) is 9.75. The number of carbonyl (C=O) groups is 1. The van der Waals surface area contributed by atoms with E-state index in [2.05, 4.69) is 10.3 Å². The average Bonchev–Trinajstić information content (AvgIpc) is 2.98. The molecule has 0 saturated carbocycles. The van der Waals surface area contributed by atoms with Crippen LogP contribution in [0.3, 0.4) is 0 Å². The fourth-order valence-corrected chi connectivity index (χ4v) is 4.05. The highest BCUT2D eigenvalue weighted by atomic mass is 32.2. The van der Waals surface area contributed by atoms with Gasteiger partial charge in [0.25, 0.3) is 0 Å². The van der Waals surface area contributed by atoms with Crippen LogP contribution < -0.4 is 5.32 Å². The lowest BCUT2D eigenvalue weighted by Crippen LogP contribution is -2.14. The Morgan fingerprint density at radius 1 is 1.22 bits per heavy atom. The highest BCUT2D eigenvalue weighted by molar-refractivity contribution is 7.76. The summed E-state index contributed by atoms with van der Waals surface area (Å²) in [5.41, 5.74) is 1.80. The highest BCUT2D eigenvalue weighted by Crippen LogP contribution is 2.25. The molecule has 27 heavy (non-hydrogen) atoms. The van der Waals surface area contributed by atoms with Crippen molar-refractivity contribution in [2.75, 3.05) is 5.32 Å². The molecule has 3 aromatic rings. The SMILES string of the molecule is Cc1nc(NC(=O)Cc2ccc(-c3cc(F)ccc3F)cc2)sc1[S-](=N)=O. The second-order valence-corrected chi connectivity index (χ2v) is 7.91. The molecule has 3 rings (SSSR count). The summed E-state index contributed by atoms with van der Waals surface area (Å²) in [6.45, 7) is 1.62. The molecular weight excluding hydrogens is 392 g/mol. The number of amides is 1. The van der Waals surface area contributed by atoms with E-state index in [1.807, 2.05) is 0 Å². The van der Waals surface area contributed by atoms with Crippen molar-refractivity contribution in [1.82, 2.24) is 4.98 Å². The maximum atomic E-state index is 13.8. The van der Waals surface area contributed by atoms with Crippen LogP contribution in [0.1, 0.15) is 11.3 Å². The molecule has 1 heterocycles. The lowest BCUT2D eigenvalue weighted by molar-refractivity contribution is -0.115. The van der Waals surface area contributed by atoms with Crippen molar-refractivity contribution in [1.29, 1.82) is 4.78 Å². The van der Waals surface area contributed by atoms with Crippen molar-refractivity contribution < 1.29 is 17.8 Å². The number of carbonyl (C=O) groups excluding carboxylic acids is 1. The number of hydrogen-bond donors (Lipinski definition) is 2. The highest BCUT2D eigenvalue weighted by Gasteiger charge is 2.10. The first kappa shape index (κ1) is 19.1. The molecule has 0 aliphatic carbocycles. The number of thiazole rings is 1. The van der Waals surface area contributed by atoms with Gasteiger partial charge in [-0.05, 0) is 40.5 Å². The van der Waals surface area contributed by atoms with Crippen LogP contribution >= 0.6 is 11.3 Å². The Morgan fingerprint density at radius 3 is 2.56 bits per heavy atom. The van der Waals surface area contributed by atoms with E-state index in [1.54, 1.807) is 31.2 Å². The third kappa shape index (κ3) is 4.55. The minimum Gasteiger partial charge on any atom is -0.439 e. The molecule has 0 spiro atoms. The van der Waals surface area contributed by atoms with Crippen molar-refractivity contribution >= 4 is 33.0 Å². The third-order valence-electron chi connectivity index (χ3n) is 3.73. The summed E-state index contributed by atoms with van der Waals surface area (Å²) in [4.78, 5) is 16.2. The van der Waals surface area contributed by atoms with E-state index in [1.165, 1.54) is 0 Å². The number of nitrogens with zero attached hydrogens (tertiary/aromatic N) is 1. The van der Waals surface area contributed by atoms with Crippen molar-refractivity contribution in [3.8, 4) is 11.1 Å². The molecule has 2 N–H and O–H groups in total. The Morgan fingerprint density at radius 2 is 1.93 bits per heavy atom. The normalized spacial score (nSPS) is 11.0. The molecule has 140 valence electrons. The van der Waals surface area contributed by atoms with E-state index in [9.17, 15) is 17.8 Å². The number of nitrogens with one attached hydrogen (secondary N) is 2. The van der Waals surface area contributed by atoms with Crippen LogP contribution in [0.15, 0.2) is 46.7 Å². The molecule has 1 amide bonds. The van der Waals surface area contributed by atoms with Gasteiger partial charge in [0.05, 0.1) is 6.42 Å². The molecule has 0 unspecified atom stereocenters. The molecule has 0 fully saturated rings. The van der Waals surface area contributed by atoms with Gasteiger partial charge in [-0.15, -0.1) is 11.3 Å². The maximum absolute atomic E-state index is 13.8. The van der Waals surface area contributed by atoms with E-state index in [4.69, 9.17) is 4.78 Å². The number of benzene rings is 2. The number of halogens is 2. The van der Waals surface area contributed by atoms with E-state index < -0.39 is 22.2 Å². The van der Waals surface area contributed by atoms with Gasteiger partial charge in [0.2, 0.25) is 5.91 Å². The molecule has 0 bridgehead atoms. The van der Waals surface area contributed by atoms with E-state index in [-0.39, 0.29) is 23.0 Å². The van der Waals surface area contributed by atoms with Crippen LogP contribution in [-0.2, 0) is 26.0 Å². The summed E-state index contributed by atoms with van der Waals surface area (Å²) < 4.78 is 45.9. The van der Waals surface area contributed by atoms with E-state index in [0.717, 1.165) is 29.5 Å². The van der Waals surface area contributed by atoms with E-state index >= 15 is 0 Å². The van der Waals surface area contributed by atoms with Gasteiger partial charge in [-0.2, -0.15) is 10.6 Å². The topological polar surface area (TPSA) is 82.9 Å². The summed E-state index contributed by atoms with van der Waals surface area (Å²) in [5.74, 6) is -1.37. The minimum atomic E-state index is -1.90. The molecule has 0 saturated heterocycles. The standard InChI is InChI=1S/C18H14F2N3O2S2/c1-10-17(27(21)25)26-18(22-10)23-16(24)8-11-2-4-12(5-3-11)14-9-13(19)6-7-15(14)20/h2-7,9,21H,8H2,1H3,(H,22,23,24)/q-1. The zero-order valence-electron chi connectivity index (χ0n) is 14.1. The average molecular weight is 406 g/mol. The number of hydrogen-bond acceptors (Lipinski definition) is 6. The maximum Gasteiger partial charge on any atom is 0.230 e. The molecular formula is C18H14F2N3O2S2-. The smallest absolute Gasteiger partial charge is 0.230 e. The molecule has 0 aliphatic heterocycles. The van der Waals surface area contributed by atoms with Gasteiger partial charge in [0.15, 0.2) is 5.13 Å². The van der Waals surface area contributed by atoms with E-state index in [0.29, 0.717) is 21.0 Å². The number of rotatable bonds is 5. The van der Waals surface area contributed by atoms with Crippen LogP contribution in [-0.4, -0.2) is 10.9 Å². The Bertz CT molecular complexity index is 1070. The van der Waals surface area contributed by atoms with Gasteiger partial charge in [-0.1, -0.05) is 24.3 Å². The van der Waals surface area contributed by atoms with Gasteiger partial charge < -0.3 is 14.3 Å². The first-order chi connectivity index (χ1) is 12.8. The molecule has 1 aromatic heterocycles. The van der Waals surface area contributed by atoms with Crippen LogP contribution in [0.25, 0.3) is 11.1 Å². The van der Waals surface area contributed by atoms with Crippen molar-refractivity contribution in [2.24, 2.45) is 0 Å². The molecule has 0 atom stereocenters. The van der Waals surface area contributed by atoms with Gasteiger partial charge in [0.1, 0.15) is 11.6 Å². The van der Waals surface area contributed by atoms with Gasteiger partial charge >= 0.3 is 0 Å². The van der Waals surface area contributed by atoms with Gasteiger partial charge in [0, 0.05) is 11.3 Å². The summed E-state index contributed by atoms with van der Waals surface area (Å²) in [6.07, 6.45) is 0.0594. The summed E-state index contributed by atoms with van der Waals surface area (Å²) in [5, 5.41) is 2.89. The molecule has 5 nitrogen and oxygen atoms in total. The third-order valence-corrected chi connectivity index (χ3v) is 5.93. The van der Waals surface area contributed by atoms with Crippen molar-refractivity contribution in [3.05, 3.63) is 65.4 Å². The second kappa shape index (κ2) is 7.93. The molecule has 9 heteroatoms. The predicted octanol–water partition coefficient (Wildman–Crippen LogP) is 4.66. The lowest BCUT2D eigenvalue weighted by atomic mass is 10.0. The molecule has 0 aliphatic rings. The Labute approximate surface area is 160 Å². The second-order valence-electron chi connectivity index (χ2n) is 5.71. The summed E-state index contributed by atoms with van der Waals surface area (Å²) >= 11 is 1.00. The van der Waals surface area contributed by atoms with Crippen molar-refractivity contribution in [3.63, 3.8) is 0 Å². The molecule has 0 radical (unpaired) electrons. The predicted molar refractivity (Wildman–Crippen MR) is 100 cm³/mol. The molecule has 2 aromatic carbocycles. The first-order valence-electron chi connectivity index (χ1n) is 7.78. The number of aromatic nitrogens is 1. The summed E-state index contributed by atoms with van der Waals surface area (Å²) in [7, 11) is -1.90. The van der Waals surface area contributed by atoms with Crippen LogP contribution in [0.2, 0.25) is 0 Å². The van der Waals surface area contributed by atoms with Crippen LogP contribution in [0.5, 0.6) is 0 Å². The van der Waals surface area contributed by atoms with Gasteiger partial charge in [-0.25, -0.2) is 13.8 Å².